The second kappa shape index (κ2) is 3.90. The number of ether oxygens (including phenoxy) is 1. The third-order valence-corrected chi connectivity index (χ3v) is 4.05. The fourth-order valence-corrected chi connectivity index (χ4v) is 3.17. The van der Waals surface area contributed by atoms with Gasteiger partial charge in [0.2, 0.25) is 0 Å². The van der Waals surface area contributed by atoms with Crippen LogP contribution in [0.15, 0.2) is 16.7 Å². The molecule has 0 amide bonds. The minimum Gasteiger partial charge on any atom is -0.469 e. The summed E-state index contributed by atoms with van der Waals surface area (Å²) in [4.78, 5) is 0. The van der Waals surface area contributed by atoms with Crippen molar-refractivity contribution in [2.45, 2.75) is 43.7 Å². The number of hydrogen-bond acceptors (Lipinski definition) is 3. The zero-order valence-corrected chi connectivity index (χ0v) is 9.79. The molecule has 1 aliphatic carbocycles. The van der Waals surface area contributed by atoms with Crippen molar-refractivity contribution in [1.82, 2.24) is 5.32 Å². The largest absolute Gasteiger partial charge is 0.469 e. The third kappa shape index (κ3) is 1.50. The quantitative estimate of drug-likeness (QED) is 0.789. The summed E-state index contributed by atoms with van der Waals surface area (Å²) in [5, 5.41) is 3.39. The van der Waals surface area contributed by atoms with E-state index < -0.39 is 0 Å². The molecule has 1 N–H and O–H groups in total. The summed E-state index contributed by atoms with van der Waals surface area (Å²) in [6.45, 7) is 0.857. The summed E-state index contributed by atoms with van der Waals surface area (Å²) in [6, 6.07) is 2.68. The number of aryl methyl sites for hydroxylation is 1. The number of nitrogens with one attached hydrogen (secondary N) is 1. The molecular formula is C13H19NO2. The molecule has 3 nitrogen and oxygen atoms in total. The molecule has 3 rings (SSSR count). The van der Waals surface area contributed by atoms with Crippen LogP contribution in [0.2, 0.25) is 0 Å². The Morgan fingerprint density at radius 3 is 3.31 bits per heavy atom. The fraction of sp³-hybridized carbons (Fsp3) is 0.692. The van der Waals surface area contributed by atoms with Crippen molar-refractivity contribution in [3.63, 3.8) is 0 Å². The SMILES string of the molecule is CNC1CCOC2(CCCc3occc32)C1. The highest BCUT2D eigenvalue weighted by Gasteiger charge is 2.43. The normalized spacial score (nSPS) is 33.9. The van der Waals surface area contributed by atoms with Gasteiger partial charge in [-0.25, -0.2) is 0 Å². The molecule has 1 aromatic heterocycles. The van der Waals surface area contributed by atoms with E-state index in [0.29, 0.717) is 6.04 Å². The number of fused-ring (bicyclic) bond motifs is 2. The molecule has 3 heteroatoms. The lowest BCUT2D eigenvalue weighted by atomic mass is 9.76. The van der Waals surface area contributed by atoms with Crippen molar-refractivity contribution in [1.29, 1.82) is 0 Å². The zero-order valence-electron chi connectivity index (χ0n) is 9.79. The highest BCUT2D eigenvalue weighted by atomic mass is 16.5. The molecule has 2 atom stereocenters. The molecule has 2 heterocycles. The molecule has 1 aromatic rings. The van der Waals surface area contributed by atoms with Gasteiger partial charge in [-0.3, -0.25) is 0 Å². The molecule has 1 fully saturated rings. The van der Waals surface area contributed by atoms with Gasteiger partial charge in [-0.1, -0.05) is 0 Å². The lowest BCUT2D eigenvalue weighted by Gasteiger charge is -2.43. The number of hydrogen-bond donors (Lipinski definition) is 1. The summed E-state index contributed by atoms with van der Waals surface area (Å²) in [7, 11) is 2.04. The van der Waals surface area contributed by atoms with Gasteiger partial charge in [0, 0.05) is 24.6 Å². The van der Waals surface area contributed by atoms with Crippen LogP contribution in [0.4, 0.5) is 0 Å². The number of rotatable bonds is 1. The van der Waals surface area contributed by atoms with E-state index in [0.717, 1.165) is 38.1 Å². The Bertz CT molecular complexity index is 374. The first-order valence-electron chi connectivity index (χ1n) is 6.22. The molecule has 0 saturated carbocycles. The van der Waals surface area contributed by atoms with Crippen molar-refractivity contribution in [3.05, 3.63) is 23.7 Å². The molecule has 0 bridgehead atoms. The average Bonchev–Trinajstić information content (AvgIpc) is 2.79. The maximum absolute atomic E-state index is 6.12. The van der Waals surface area contributed by atoms with Gasteiger partial charge in [-0.15, -0.1) is 0 Å². The molecule has 2 unspecified atom stereocenters. The lowest BCUT2D eigenvalue weighted by Crippen LogP contribution is -2.45. The average molecular weight is 221 g/mol. The van der Waals surface area contributed by atoms with E-state index >= 15 is 0 Å². The van der Waals surface area contributed by atoms with E-state index in [1.807, 2.05) is 13.3 Å². The van der Waals surface area contributed by atoms with Gasteiger partial charge in [0.15, 0.2) is 0 Å². The van der Waals surface area contributed by atoms with Crippen LogP contribution in [0.5, 0.6) is 0 Å². The van der Waals surface area contributed by atoms with Crippen molar-refractivity contribution >= 4 is 0 Å². The maximum Gasteiger partial charge on any atom is 0.109 e. The number of furan rings is 1. The van der Waals surface area contributed by atoms with E-state index in [2.05, 4.69) is 11.4 Å². The minimum atomic E-state index is -0.0630. The van der Waals surface area contributed by atoms with Crippen LogP contribution in [0.1, 0.15) is 37.0 Å². The Morgan fingerprint density at radius 2 is 2.44 bits per heavy atom. The van der Waals surface area contributed by atoms with Crippen molar-refractivity contribution in [2.75, 3.05) is 13.7 Å². The van der Waals surface area contributed by atoms with Gasteiger partial charge in [0.1, 0.15) is 5.76 Å². The van der Waals surface area contributed by atoms with Crippen molar-refractivity contribution in [2.24, 2.45) is 0 Å². The Labute approximate surface area is 96.2 Å². The molecule has 0 aromatic carbocycles. The van der Waals surface area contributed by atoms with Crippen LogP contribution in [0.3, 0.4) is 0 Å². The summed E-state index contributed by atoms with van der Waals surface area (Å²) in [5.74, 6) is 1.14. The Kier molecular flexibility index (Phi) is 2.52. The van der Waals surface area contributed by atoms with Gasteiger partial charge >= 0.3 is 0 Å². The van der Waals surface area contributed by atoms with Gasteiger partial charge in [-0.05, 0) is 38.8 Å². The summed E-state index contributed by atoms with van der Waals surface area (Å²) in [5.41, 5.74) is 1.24. The van der Waals surface area contributed by atoms with Crippen LogP contribution in [0, 0.1) is 0 Å². The molecule has 1 aliphatic heterocycles. The predicted molar refractivity (Wildman–Crippen MR) is 61.4 cm³/mol. The summed E-state index contributed by atoms with van der Waals surface area (Å²) >= 11 is 0. The standard InChI is InChI=1S/C13H19NO2/c1-14-10-4-8-16-13(9-10)6-2-3-12-11(13)5-7-15-12/h5,7,10,14H,2-4,6,8-9H2,1H3. The minimum absolute atomic E-state index is 0.0630. The van der Waals surface area contributed by atoms with Gasteiger partial charge < -0.3 is 14.5 Å². The van der Waals surface area contributed by atoms with Gasteiger partial charge in [0.05, 0.1) is 11.9 Å². The first-order valence-corrected chi connectivity index (χ1v) is 6.22. The van der Waals surface area contributed by atoms with Crippen molar-refractivity contribution < 1.29 is 9.15 Å². The van der Waals surface area contributed by atoms with E-state index in [1.165, 1.54) is 12.0 Å². The molecule has 0 radical (unpaired) electrons. The van der Waals surface area contributed by atoms with E-state index in [1.54, 1.807) is 0 Å². The molecule has 88 valence electrons. The molecule has 1 spiro atoms. The van der Waals surface area contributed by atoms with Crippen LogP contribution >= 0.6 is 0 Å². The zero-order chi connectivity index (χ0) is 11.0. The molecule has 1 saturated heterocycles. The Morgan fingerprint density at radius 1 is 1.50 bits per heavy atom. The summed E-state index contributed by atoms with van der Waals surface area (Å²) in [6.07, 6.45) is 7.39. The third-order valence-electron chi connectivity index (χ3n) is 4.05. The van der Waals surface area contributed by atoms with Gasteiger partial charge in [-0.2, -0.15) is 0 Å². The maximum atomic E-state index is 6.12. The van der Waals surface area contributed by atoms with E-state index in [4.69, 9.17) is 9.15 Å². The Hall–Kier alpha value is -0.800. The van der Waals surface area contributed by atoms with E-state index in [-0.39, 0.29) is 5.60 Å². The van der Waals surface area contributed by atoms with Crippen LogP contribution in [-0.4, -0.2) is 19.7 Å². The topological polar surface area (TPSA) is 34.4 Å². The predicted octanol–water partition coefficient (Wildman–Crippen LogP) is 2.21. The highest BCUT2D eigenvalue weighted by Crippen LogP contribution is 2.44. The molecule has 2 aliphatic rings. The monoisotopic (exact) mass is 221 g/mol. The van der Waals surface area contributed by atoms with E-state index in [9.17, 15) is 0 Å². The summed E-state index contributed by atoms with van der Waals surface area (Å²) < 4.78 is 11.7. The van der Waals surface area contributed by atoms with Crippen LogP contribution in [-0.2, 0) is 16.8 Å². The van der Waals surface area contributed by atoms with Crippen LogP contribution in [0.25, 0.3) is 0 Å². The fourth-order valence-electron chi connectivity index (χ4n) is 3.17. The second-order valence-electron chi connectivity index (χ2n) is 4.93. The van der Waals surface area contributed by atoms with Crippen molar-refractivity contribution in [3.8, 4) is 0 Å². The molecule has 16 heavy (non-hydrogen) atoms. The first kappa shape index (κ1) is 10.4. The Balaban J connectivity index is 1.94. The van der Waals surface area contributed by atoms with Crippen LogP contribution < -0.4 is 5.32 Å². The smallest absolute Gasteiger partial charge is 0.109 e. The first-order chi connectivity index (χ1) is 7.84. The lowest BCUT2D eigenvalue weighted by molar-refractivity contribution is -0.105. The molecular weight excluding hydrogens is 202 g/mol. The van der Waals surface area contributed by atoms with Gasteiger partial charge in [0.25, 0.3) is 0 Å². The second-order valence-corrected chi connectivity index (χ2v) is 4.93. The highest BCUT2D eigenvalue weighted by molar-refractivity contribution is 5.28.